The fraction of sp³-hybridized carbons (Fsp3) is 0.0769. The summed E-state index contributed by atoms with van der Waals surface area (Å²) in [5.74, 6) is -0.352. The quantitative estimate of drug-likeness (QED) is 0.468. The second-order valence-electron chi connectivity index (χ2n) is 7.46. The van der Waals surface area contributed by atoms with Crippen LogP contribution in [0.2, 0.25) is 0 Å². The summed E-state index contributed by atoms with van der Waals surface area (Å²) in [5.41, 5.74) is 5.37. The monoisotopic (exact) mass is 442 g/mol. The molecule has 6 heteroatoms. The number of nitrogens with zero attached hydrogens (tertiary/aromatic N) is 1. The van der Waals surface area contributed by atoms with E-state index in [1.54, 1.807) is 18.3 Å². The van der Waals surface area contributed by atoms with Crippen molar-refractivity contribution in [3.63, 3.8) is 0 Å². The molecule has 0 saturated heterocycles. The second kappa shape index (κ2) is 9.16. The van der Waals surface area contributed by atoms with Gasteiger partial charge in [0.15, 0.2) is 9.84 Å². The highest BCUT2D eigenvalue weighted by molar-refractivity contribution is 7.90. The minimum atomic E-state index is -3.38. The van der Waals surface area contributed by atoms with Crippen LogP contribution in [0, 0.1) is 0 Å². The number of hydrogen-bond donors (Lipinski definition) is 1. The van der Waals surface area contributed by atoms with E-state index in [-0.39, 0.29) is 17.3 Å². The van der Waals surface area contributed by atoms with Crippen molar-refractivity contribution in [1.29, 1.82) is 0 Å². The van der Waals surface area contributed by atoms with Gasteiger partial charge in [0, 0.05) is 18.0 Å². The van der Waals surface area contributed by atoms with Gasteiger partial charge in [0.1, 0.15) is 0 Å². The van der Waals surface area contributed by atoms with Crippen molar-refractivity contribution < 1.29 is 13.2 Å². The third-order valence-electron chi connectivity index (χ3n) is 5.10. The van der Waals surface area contributed by atoms with Crippen LogP contribution in [0.25, 0.3) is 22.3 Å². The molecule has 0 spiro atoms. The SMILES string of the molecule is CS(=O)(=O)c1cccc(C(=O)NCc2cc(-c3ccc(-c4ccccc4)cc3)ccn2)c1. The summed E-state index contributed by atoms with van der Waals surface area (Å²) in [7, 11) is -3.38. The van der Waals surface area contributed by atoms with E-state index < -0.39 is 9.84 Å². The van der Waals surface area contributed by atoms with Crippen LogP contribution in [0.4, 0.5) is 0 Å². The maximum absolute atomic E-state index is 12.5. The summed E-state index contributed by atoms with van der Waals surface area (Å²) in [6.07, 6.45) is 2.83. The Kier molecular flexibility index (Phi) is 6.14. The molecule has 0 bridgehead atoms. The molecular weight excluding hydrogens is 420 g/mol. The van der Waals surface area contributed by atoms with Gasteiger partial charge < -0.3 is 5.32 Å². The largest absolute Gasteiger partial charge is 0.346 e. The van der Waals surface area contributed by atoms with E-state index in [0.717, 1.165) is 28.5 Å². The highest BCUT2D eigenvalue weighted by Crippen LogP contribution is 2.25. The van der Waals surface area contributed by atoms with Crippen LogP contribution in [0.3, 0.4) is 0 Å². The Morgan fingerprint density at radius 3 is 2.12 bits per heavy atom. The third-order valence-corrected chi connectivity index (χ3v) is 6.21. The number of amides is 1. The van der Waals surface area contributed by atoms with Crippen LogP contribution in [-0.4, -0.2) is 25.6 Å². The molecule has 0 aliphatic carbocycles. The minimum Gasteiger partial charge on any atom is -0.346 e. The molecule has 1 heterocycles. The highest BCUT2D eigenvalue weighted by Gasteiger charge is 2.12. The van der Waals surface area contributed by atoms with Gasteiger partial charge in [-0.1, -0.05) is 60.7 Å². The van der Waals surface area contributed by atoms with Gasteiger partial charge in [-0.3, -0.25) is 9.78 Å². The normalized spacial score (nSPS) is 11.2. The number of pyridine rings is 1. The van der Waals surface area contributed by atoms with Crippen molar-refractivity contribution in [2.75, 3.05) is 6.26 Å². The molecule has 160 valence electrons. The van der Waals surface area contributed by atoms with E-state index in [4.69, 9.17) is 0 Å². The van der Waals surface area contributed by atoms with Crippen molar-refractivity contribution in [3.05, 3.63) is 108 Å². The standard InChI is InChI=1S/C26H22N2O3S/c1-32(30,31)25-9-5-8-23(17-25)26(29)28-18-24-16-22(14-15-27-24)21-12-10-20(11-13-21)19-6-3-2-4-7-19/h2-17H,18H2,1H3,(H,28,29). The Hall–Kier alpha value is -3.77. The van der Waals surface area contributed by atoms with Crippen molar-refractivity contribution in [3.8, 4) is 22.3 Å². The second-order valence-corrected chi connectivity index (χ2v) is 9.48. The number of sulfone groups is 1. The molecule has 0 radical (unpaired) electrons. The van der Waals surface area contributed by atoms with Crippen LogP contribution in [0.15, 0.2) is 102 Å². The lowest BCUT2D eigenvalue weighted by Gasteiger charge is -2.09. The fourth-order valence-electron chi connectivity index (χ4n) is 3.38. The van der Waals surface area contributed by atoms with Gasteiger partial charge >= 0.3 is 0 Å². The van der Waals surface area contributed by atoms with Crippen molar-refractivity contribution in [1.82, 2.24) is 10.3 Å². The first-order valence-electron chi connectivity index (χ1n) is 10.1. The number of carbonyl (C=O) groups excluding carboxylic acids is 1. The summed E-state index contributed by atoms with van der Waals surface area (Å²) in [6.45, 7) is 0.234. The predicted octanol–water partition coefficient (Wildman–Crippen LogP) is 4.75. The summed E-state index contributed by atoms with van der Waals surface area (Å²) < 4.78 is 23.4. The predicted molar refractivity (Wildman–Crippen MR) is 126 cm³/mol. The number of benzene rings is 3. The summed E-state index contributed by atoms with van der Waals surface area (Å²) in [6, 6.07) is 28.3. The van der Waals surface area contributed by atoms with Gasteiger partial charge in [0.2, 0.25) is 0 Å². The topological polar surface area (TPSA) is 76.1 Å². The van der Waals surface area contributed by atoms with Gasteiger partial charge in [-0.25, -0.2) is 8.42 Å². The van der Waals surface area contributed by atoms with Gasteiger partial charge in [-0.05, 0) is 52.6 Å². The lowest BCUT2D eigenvalue weighted by molar-refractivity contribution is 0.0950. The van der Waals surface area contributed by atoms with Crippen LogP contribution in [0.5, 0.6) is 0 Å². The smallest absolute Gasteiger partial charge is 0.251 e. The summed E-state index contributed by atoms with van der Waals surface area (Å²) >= 11 is 0. The summed E-state index contributed by atoms with van der Waals surface area (Å²) in [4.78, 5) is 16.9. The lowest BCUT2D eigenvalue weighted by atomic mass is 10.0. The maximum Gasteiger partial charge on any atom is 0.251 e. The highest BCUT2D eigenvalue weighted by atomic mass is 32.2. The Balaban J connectivity index is 1.46. The average molecular weight is 443 g/mol. The first kappa shape index (κ1) is 21.5. The number of hydrogen-bond acceptors (Lipinski definition) is 4. The van der Waals surface area contributed by atoms with Crippen LogP contribution in [-0.2, 0) is 16.4 Å². The van der Waals surface area contributed by atoms with E-state index in [9.17, 15) is 13.2 Å². The number of nitrogens with one attached hydrogen (secondary N) is 1. The van der Waals surface area contributed by atoms with Crippen LogP contribution >= 0.6 is 0 Å². The van der Waals surface area contributed by atoms with Crippen molar-refractivity contribution >= 4 is 15.7 Å². The number of carbonyl (C=O) groups is 1. The Labute approximate surface area is 187 Å². The van der Waals surface area contributed by atoms with Gasteiger partial charge in [0.05, 0.1) is 17.1 Å². The molecule has 1 N–H and O–H groups in total. The molecule has 3 aromatic carbocycles. The molecule has 5 nitrogen and oxygen atoms in total. The molecule has 0 aliphatic rings. The van der Waals surface area contributed by atoms with E-state index >= 15 is 0 Å². The van der Waals surface area contributed by atoms with Gasteiger partial charge in [-0.15, -0.1) is 0 Å². The summed E-state index contributed by atoms with van der Waals surface area (Å²) in [5, 5.41) is 2.81. The molecule has 0 atom stereocenters. The number of aromatic nitrogens is 1. The third kappa shape index (κ3) is 5.10. The molecule has 0 fully saturated rings. The molecule has 0 saturated carbocycles. The molecule has 0 aliphatic heterocycles. The van der Waals surface area contributed by atoms with E-state index in [1.807, 2.05) is 30.3 Å². The zero-order chi connectivity index (χ0) is 22.6. The minimum absolute atomic E-state index is 0.115. The van der Waals surface area contributed by atoms with E-state index in [0.29, 0.717) is 11.3 Å². The van der Waals surface area contributed by atoms with Gasteiger partial charge in [-0.2, -0.15) is 0 Å². The molecule has 0 unspecified atom stereocenters. The Morgan fingerprint density at radius 1 is 0.781 bits per heavy atom. The van der Waals surface area contributed by atoms with Crippen LogP contribution < -0.4 is 5.32 Å². The van der Waals surface area contributed by atoms with Crippen LogP contribution in [0.1, 0.15) is 16.1 Å². The zero-order valence-electron chi connectivity index (χ0n) is 17.5. The average Bonchev–Trinajstić information content (AvgIpc) is 2.83. The zero-order valence-corrected chi connectivity index (χ0v) is 18.3. The molecule has 4 rings (SSSR count). The fourth-order valence-corrected chi connectivity index (χ4v) is 4.05. The molecule has 4 aromatic rings. The molecule has 1 aromatic heterocycles. The number of rotatable bonds is 6. The van der Waals surface area contributed by atoms with E-state index in [2.05, 4.69) is 46.7 Å². The first-order valence-corrected chi connectivity index (χ1v) is 12.0. The molecule has 1 amide bonds. The Morgan fingerprint density at radius 2 is 1.44 bits per heavy atom. The molecule has 32 heavy (non-hydrogen) atoms. The van der Waals surface area contributed by atoms with Crippen molar-refractivity contribution in [2.45, 2.75) is 11.4 Å². The van der Waals surface area contributed by atoms with E-state index in [1.165, 1.54) is 12.1 Å². The molecular formula is C26H22N2O3S. The first-order chi connectivity index (χ1) is 15.4. The Bertz CT molecular complexity index is 1350. The van der Waals surface area contributed by atoms with Gasteiger partial charge in [0.25, 0.3) is 5.91 Å². The van der Waals surface area contributed by atoms with Crippen molar-refractivity contribution in [2.24, 2.45) is 0 Å². The maximum atomic E-state index is 12.5. The lowest BCUT2D eigenvalue weighted by Crippen LogP contribution is -2.23.